The third kappa shape index (κ3) is 2.71. The van der Waals surface area contributed by atoms with Crippen molar-refractivity contribution >= 4 is 5.69 Å². The van der Waals surface area contributed by atoms with Gasteiger partial charge in [0.15, 0.2) is 5.75 Å². The summed E-state index contributed by atoms with van der Waals surface area (Å²) in [5.74, 6) is -0.495. The van der Waals surface area contributed by atoms with Crippen LogP contribution in [-0.2, 0) is 6.18 Å². The smallest absolute Gasteiger partial charge is 0.416 e. The number of rotatable bonds is 2. The van der Waals surface area contributed by atoms with Crippen LogP contribution in [0.3, 0.4) is 0 Å². The standard InChI is InChI=1S/C13H8F3NO3/c14-13(15,16)10-4-1-8(2-5-10)9-3-6-12(18)11(7-9)17(19)20/h1-7,18H. The summed E-state index contributed by atoms with van der Waals surface area (Å²) in [5.41, 5.74) is -0.554. The van der Waals surface area contributed by atoms with Gasteiger partial charge < -0.3 is 5.11 Å². The van der Waals surface area contributed by atoms with Crippen LogP contribution in [0.1, 0.15) is 5.56 Å². The molecule has 0 aliphatic rings. The summed E-state index contributed by atoms with van der Waals surface area (Å²) in [6, 6.07) is 7.87. The van der Waals surface area contributed by atoms with E-state index in [-0.39, 0.29) is 0 Å². The van der Waals surface area contributed by atoms with Gasteiger partial charge in [0.25, 0.3) is 0 Å². The summed E-state index contributed by atoms with van der Waals surface area (Å²) in [5, 5.41) is 20.0. The van der Waals surface area contributed by atoms with E-state index in [1.807, 2.05) is 0 Å². The van der Waals surface area contributed by atoms with E-state index in [0.29, 0.717) is 11.1 Å². The van der Waals surface area contributed by atoms with E-state index >= 15 is 0 Å². The molecule has 2 aromatic carbocycles. The zero-order valence-electron chi connectivity index (χ0n) is 9.89. The van der Waals surface area contributed by atoms with E-state index in [2.05, 4.69) is 0 Å². The summed E-state index contributed by atoms with van der Waals surface area (Å²) >= 11 is 0. The number of nitrogens with zero attached hydrogens (tertiary/aromatic N) is 1. The van der Waals surface area contributed by atoms with Crippen molar-refractivity contribution in [3.05, 3.63) is 58.1 Å². The molecule has 0 aliphatic carbocycles. The number of hydrogen-bond acceptors (Lipinski definition) is 3. The first-order valence-electron chi connectivity index (χ1n) is 5.44. The van der Waals surface area contributed by atoms with Crippen LogP contribution in [0.4, 0.5) is 18.9 Å². The lowest BCUT2D eigenvalue weighted by atomic mass is 10.0. The van der Waals surface area contributed by atoms with E-state index in [1.165, 1.54) is 18.2 Å². The summed E-state index contributed by atoms with van der Waals surface area (Å²) in [7, 11) is 0. The molecule has 104 valence electrons. The van der Waals surface area contributed by atoms with Crippen LogP contribution in [0.2, 0.25) is 0 Å². The van der Waals surface area contributed by atoms with Gasteiger partial charge in [-0.15, -0.1) is 0 Å². The Balaban J connectivity index is 2.42. The molecule has 1 N–H and O–H groups in total. The lowest BCUT2D eigenvalue weighted by molar-refractivity contribution is -0.385. The molecule has 0 amide bonds. The van der Waals surface area contributed by atoms with Crippen molar-refractivity contribution in [1.82, 2.24) is 0 Å². The second kappa shape index (κ2) is 4.84. The number of hydrogen-bond donors (Lipinski definition) is 1. The molecule has 0 fully saturated rings. The second-order valence-corrected chi connectivity index (χ2v) is 4.04. The number of benzene rings is 2. The zero-order valence-corrected chi connectivity index (χ0v) is 9.89. The molecule has 0 saturated carbocycles. The van der Waals surface area contributed by atoms with E-state index in [1.54, 1.807) is 0 Å². The van der Waals surface area contributed by atoms with Gasteiger partial charge in [0.2, 0.25) is 0 Å². The Morgan fingerprint density at radius 1 is 1.00 bits per heavy atom. The first-order valence-corrected chi connectivity index (χ1v) is 5.44. The van der Waals surface area contributed by atoms with Gasteiger partial charge in [0.05, 0.1) is 10.5 Å². The predicted octanol–water partition coefficient (Wildman–Crippen LogP) is 3.99. The van der Waals surface area contributed by atoms with E-state index in [9.17, 15) is 28.4 Å². The zero-order chi connectivity index (χ0) is 14.9. The number of aromatic hydroxyl groups is 1. The lowest BCUT2D eigenvalue weighted by Crippen LogP contribution is -2.03. The van der Waals surface area contributed by atoms with Gasteiger partial charge in [-0.3, -0.25) is 10.1 Å². The monoisotopic (exact) mass is 283 g/mol. The molecule has 0 aromatic heterocycles. The Hall–Kier alpha value is -2.57. The highest BCUT2D eigenvalue weighted by Gasteiger charge is 2.30. The summed E-state index contributed by atoms with van der Waals surface area (Å²) in [6.45, 7) is 0. The maximum atomic E-state index is 12.4. The first kappa shape index (κ1) is 13.9. The number of alkyl halides is 3. The number of phenolic OH excluding ortho intramolecular Hbond substituents is 1. The van der Waals surface area contributed by atoms with Crippen LogP contribution in [0, 0.1) is 10.1 Å². The van der Waals surface area contributed by atoms with Crippen molar-refractivity contribution in [3.63, 3.8) is 0 Å². The van der Waals surface area contributed by atoms with Crippen LogP contribution in [0.5, 0.6) is 5.75 Å². The maximum Gasteiger partial charge on any atom is 0.416 e. The molecule has 2 aromatic rings. The average molecular weight is 283 g/mol. The van der Waals surface area contributed by atoms with Crippen LogP contribution in [-0.4, -0.2) is 10.0 Å². The second-order valence-electron chi connectivity index (χ2n) is 4.04. The highest BCUT2D eigenvalue weighted by Crippen LogP contribution is 2.34. The SMILES string of the molecule is O=[N+]([O-])c1cc(-c2ccc(C(F)(F)F)cc2)ccc1O. The van der Waals surface area contributed by atoms with Gasteiger partial charge in [-0.2, -0.15) is 13.2 Å². The summed E-state index contributed by atoms with van der Waals surface area (Å²) in [6.07, 6.45) is -4.43. The molecule has 7 heteroatoms. The van der Waals surface area contributed by atoms with Crippen LogP contribution < -0.4 is 0 Å². The summed E-state index contributed by atoms with van der Waals surface area (Å²) in [4.78, 5) is 9.93. The van der Waals surface area contributed by atoms with Gasteiger partial charge in [-0.1, -0.05) is 18.2 Å². The van der Waals surface area contributed by atoms with Gasteiger partial charge in [0.1, 0.15) is 0 Å². The molecular formula is C13H8F3NO3. The van der Waals surface area contributed by atoms with Crippen molar-refractivity contribution in [2.24, 2.45) is 0 Å². The van der Waals surface area contributed by atoms with Crippen LogP contribution in [0.15, 0.2) is 42.5 Å². The number of nitro benzene ring substituents is 1. The largest absolute Gasteiger partial charge is 0.502 e. The Morgan fingerprint density at radius 2 is 1.55 bits per heavy atom. The van der Waals surface area contributed by atoms with Crippen molar-refractivity contribution in [3.8, 4) is 16.9 Å². The maximum absolute atomic E-state index is 12.4. The number of phenols is 1. The third-order valence-corrected chi connectivity index (χ3v) is 2.72. The molecule has 20 heavy (non-hydrogen) atoms. The normalized spacial score (nSPS) is 11.3. The predicted molar refractivity (Wildman–Crippen MR) is 65.2 cm³/mol. The van der Waals surface area contributed by atoms with Crippen molar-refractivity contribution in [2.75, 3.05) is 0 Å². The van der Waals surface area contributed by atoms with Crippen LogP contribution >= 0.6 is 0 Å². The lowest BCUT2D eigenvalue weighted by Gasteiger charge is -2.08. The first-order chi connectivity index (χ1) is 9.29. The quantitative estimate of drug-likeness (QED) is 0.669. The molecule has 0 heterocycles. The fraction of sp³-hybridized carbons (Fsp3) is 0.0769. The van der Waals surface area contributed by atoms with Crippen molar-refractivity contribution in [1.29, 1.82) is 0 Å². The molecule has 0 bridgehead atoms. The Kier molecular flexibility index (Phi) is 3.35. The highest BCUT2D eigenvalue weighted by atomic mass is 19.4. The minimum atomic E-state index is -4.43. The fourth-order valence-electron chi connectivity index (χ4n) is 1.70. The van der Waals surface area contributed by atoms with Crippen molar-refractivity contribution < 1.29 is 23.2 Å². The minimum absolute atomic E-state index is 0.350. The average Bonchev–Trinajstić information content (AvgIpc) is 2.38. The van der Waals surface area contributed by atoms with E-state index in [4.69, 9.17) is 0 Å². The third-order valence-electron chi connectivity index (χ3n) is 2.72. The van der Waals surface area contributed by atoms with Gasteiger partial charge >= 0.3 is 11.9 Å². The van der Waals surface area contributed by atoms with Gasteiger partial charge in [-0.05, 0) is 29.3 Å². The summed E-state index contributed by atoms with van der Waals surface area (Å²) < 4.78 is 37.3. The molecule has 0 spiro atoms. The molecular weight excluding hydrogens is 275 g/mol. The number of halogens is 3. The minimum Gasteiger partial charge on any atom is -0.502 e. The molecule has 4 nitrogen and oxygen atoms in total. The van der Waals surface area contributed by atoms with Gasteiger partial charge in [-0.25, -0.2) is 0 Å². The van der Waals surface area contributed by atoms with E-state index < -0.39 is 28.1 Å². The molecule has 0 atom stereocenters. The molecule has 0 unspecified atom stereocenters. The van der Waals surface area contributed by atoms with Gasteiger partial charge in [0, 0.05) is 6.07 Å². The topological polar surface area (TPSA) is 63.4 Å². The van der Waals surface area contributed by atoms with E-state index in [0.717, 1.165) is 24.3 Å². The Bertz CT molecular complexity index is 651. The van der Waals surface area contributed by atoms with Crippen LogP contribution in [0.25, 0.3) is 11.1 Å². The van der Waals surface area contributed by atoms with Crippen molar-refractivity contribution in [2.45, 2.75) is 6.18 Å². The Labute approximate surface area is 111 Å². The molecule has 0 aliphatic heterocycles. The Morgan fingerprint density at radius 3 is 2.05 bits per heavy atom. The molecule has 0 saturated heterocycles. The molecule has 2 rings (SSSR count). The number of nitro groups is 1. The highest BCUT2D eigenvalue weighted by molar-refractivity contribution is 5.68. The fourth-order valence-corrected chi connectivity index (χ4v) is 1.70. The molecule has 0 radical (unpaired) electrons.